The molecule has 122 valence electrons. The number of benzene rings is 2. The topological polar surface area (TPSA) is 29.1 Å². The van der Waals surface area contributed by atoms with Crippen molar-refractivity contribution in [3.05, 3.63) is 88.1 Å². The van der Waals surface area contributed by atoms with Gasteiger partial charge < -0.3 is 5.32 Å². The minimum Gasteiger partial charge on any atom is -0.325 e. The summed E-state index contributed by atoms with van der Waals surface area (Å²) < 4.78 is 0. The molecular formula is C22H17NOS. The largest absolute Gasteiger partial charge is 0.325 e. The van der Waals surface area contributed by atoms with E-state index in [1.54, 1.807) is 11.3 Å². The molecule has 1 N–H and O–H groups in total. The molecule has 0 bridgehead atoms. The summed E-state index contributed by atoms with van der Waals surface area (Å²) >= 11 is 1.69. The van der Waals surface area contributed by atoms with E-state index in [1.807, 2.05) is 60.7 Å². The highest BCUT2D eigenvalue weighted by atomic mass is 32.1. The number of para-hydroxylation sites is 1. The maximum atomic E-state index is 12.9. The minimum absolute atomic E-state index is 0.0458. The quantitative estimate of drug-likeness (QED) is 0.691. The molecule has 2 heterocycles. The number of amides is 1. The van der Waals surface area contributed by atoms with Crippen molar-refractivity contribution in [1.29, 1.82) is 0 Å². The van der Waals surface area contributed by atoms with E-state index in [4.69, 9.17) is 0 Å². The van der Waals surface area contributed by atoms with Gasteiger partial charge >= 0.3 is 0 Å². The maximum absolute atomic E-state index is 12.9. The van der Waals surface area contributed by atoms with Crippen molar-refractivity contribution in [2.75, 3.05) is 5.32 Å². The van der Waals surface area contributed by atoms with Crippen LogP contribution in [0.3, 0.4) is 0 Å². The molecule has 3 heteroatoms. The highest BCUT2D eigenvalue weighted by molar-refractivity contribution is 7.09. The van der Waals surface area contributed by atoms with Gasteiger partial charge in [0.25, 0.3) is 0 Å². The van der Waals surface area contributed by atoms with Gasteiger partial charge in [0.1, 0.15) is 0 Å². The third-order valence-electron chi connectivity index (χ3n) is 4.58. The Morgan fingerprint density at radius 1 is 0.960 bits per heavy atom. The first kappa shape index (κ1) is 15.7. The smallest absolute Gasteiger partial charge is 0.236 e. The molecule has 1 aliphatic heterocycles. The fourth-order valence-corrected chi connectivity index (χ4v) is 4.14. The number of nitrogens with one attached hydrogen (secondary N) is 1. The minimum atomic E-state index is -0.622. The SMILES string of the molecule is O=C1Nc2ccccc2[C@]1(CC#Cc1ccccc1)Cc1cccs1. The molecule has 1 aliphatic rings. The van der Waals surface area contributed by atoms with Crippen LogP contribution in [0.5, 0.6) is 0 Å². The van der Waals surface area contributed by atoms with Crippen LogP contribution in [0.15, 0.2) is 72.1 Å². The third-order valence-corrected chi connectivity index (χ3v) is 5.45. The standard InChI is InChI=1S/C22H17NOS/c24-21-22(16-18-11-7-15-25-18,19-12-4-5-13-20(19)23-21)14-6-10-17-8-2-1-3-9-17/h1-5,7-9,11-13,15H,14,16H2,(H,23,24)/t22-/m0/s1. The van der Waals surface area contributed by atoms with E-state index in [1.165, 1.54) is 4.88 Å². The second-order valence-corrected chi connectivity index (χ2v) is 7.21. The van der Waals surface area contributed by atoms with Crippen LogP contribution in [-0.4, -0.2) is 5.91 Å². The molecule has 1 aromatic heterocycles. The molecule has 3 aromatic rings. The number of carbonyl (C=O) groups is 1. The average Bonchev–Trinajstić information content (AvgIpc) is 3.24. The van der Waals surface area contributed by atoms with E-state index in [9.17, 15) is 4.79 Å². The summed E-state index contributed by atoms with van der Waals surface area (Å²) in [5.41, 5.74) is 2.31. The molecular weight excluding hydrogens is 326 g/mol. The molecule has 25 heavy (non-hydrogen) atoms. The van der Waals surface area contributed by atoms with Crippen molar-refractivity contribution >= 4 is 22.9 Å². The number of fused-ring (bicyclic) bond motifs is 1. The van der Waals surface area contributed by atoms with Crippen molar-refractivity contribution in [3.63, 3.8) is 0 Å². The third kappa shape index (κ3) is 2.97. The van der Waals surface area contributed by atoms with Crippen molar-refractivity contribution in [2.24, 2.45) is 0 Å². The average molecular weight is 343 g/mol. The van der Waals surface area contributed by atoms with Gasteiger partial charge in [-0.3, -0.25) is 4.79 Å². The summed E-state index contributed by atoms with van der Waals surface area (Å²) in [5.74, 6) is 6.51. The van der Waals surface area contributed by atoms with Crippen molar-refractivity contribution in [3.8, 4) is 11.8 Å². The first-order valence-electron chi connectivity index (χ1n) is 8.25. The summed E-state index contributed by atoms with van der Waals surface area (Å²) in [6, 6.07) is 22.0. The summed E-state index contributed by atoms with van der Waals surface area (Å²) in [6.45, 7) is 0. The predicted molar refractivity (Wildman–Crippen MR) is 103 cm³/mol. The highest BCUT2D eigenvalue weighted by Crippen LogP contribution is 2.43. The van der Waals surface area contributed by atoms with Crippen molar-refractivity contribution < 1.29 is 4.79 Å². The Morgan fingerprint density at radius 3 is 2.56 bits per heavy atom. The lowest BCUT2D eigenvalue weighted by Crippen LogP contribution is -2.36. The maximum Gasteiger partial charge on any atom is 0.236 e. The Bertz CT molecular complexity index is 950. The first-order chi connectivity index (χ1) is 12.3. The van der Waals surface area contributed by atoms with E-state index in [-0.39, 0.29) is 5.91 Å². The summed E-state index contributed by atoms with van der Waals surface area (Å²) in [5, 5.41) is 5.10. The zero-order valence-electron chi connectivity index (χ0n) is 13.7. The summed E-state index contributed by atoms with van der Waals surface area (Å²) in [4.78, 5) is 14.1. The molecule has 0 saturated heterocycles. The fraction of sp³-hybridized carbons (Fsp3) is 0.136. The van der Waals surface area contributed by atoms with Gasteiger partial charge in [0.2, 0.25) is 5.91 Å². The van der Waals surface area contributed by atoms with Crippen LogP contribution >= 0.6 is 11.3 Å². The van der Waals surface area contributed by atoms with Gasteiger partial charge in [-0.2, -0.15) is 0 Å². The molecule has 4 rings (SSSR count). The number of rotatable bonds is 3. The van der Waals surface area contributed by atoms with E-state index in [0.717, 1.165) is 16.8 Å². The molecule has 0 unspecified atom stereocenters. The molecule has 2 aromatic carbocycles. The van der Waals surface area contributed by atoms with Gasteiger partial charge in [0.15, 0.2) is 0 Å². The van der Waals surface area contributed by atoms with Crippen LogP contribution in [0.1, 0.15) is 22.4 Å². The lowest BCUT2D eigenvalue weighted by molar-refractivity contribution is -0.120. The Morgan fingerprint density at radius 2 is 1.76 bits per heavy atom. The van der Waals surface area contributed by atoms with Crippen molar-refractivity contribution in [1.82, 2.24) is 0 Å². The number of anilines is 1. The van der Waals surface area contributed by atoms with Gasteiger partial charge in [0, 0.05) is 29.0 Å². The summed E-state index contributed by atoms with van der Waals surface area (Å²) in [7, 11) is 0. The van der Waals surface area contributed by atoms with E-state index < -0.39 is 5.41 Å². The predicted octanol–water partition coefficient (Wildman–Crippen LogP) is 4.62. The molecule has 0 aliphatic carbocycles. The monoisotopic (exact) mass is 343 g/mol. The van der Waals surface area contributed by atoms with Gasteiger partial charge in [-0.1, -0.05) is 54.3 Å². The molecule has 0 radical (unpaired) electrons. The second kappa shape index (κ2) is 6.58. The molecule has 0 fully saturated rings. The van der Waals surface area contributed by atoms with Crippen LogP contribution < -0.4 is 5.32 Å². The Balaban J connectivity index is 1.73. The van der Waals surface area contributed by atoms with Gasteiger partial charge in [-0.05, 0) is 35.2 Å². The van der Waals surface area contributed by atoms with Crippen LogP contribution in [-0.2, 0) is 16.6 Å². The van der Waals surface area contributed by atoms with Crippen LogP contribution in [0, 0.1) is 11.8 Å². The zero-order chi connectivity index (χ0) is 17.1. The first-order valence-corrected chi connectivity index (χ1v) is 9.13. The molecule has 0 saturated carbocycles. The van der Waals surface area contributed by atoms with Crippen LogP contribution in [0.25, 0.3) is 0 Å². The number of thiophene rings is 1. The van der Waals surface area contributed by atoms with Gasteiger partial charge in [-0.15, -0.1) is 11.3 Å². The normalized spacial score (nSPS) is 18.2. The van der Waals surface area contributed by atoms with Crippen molar-refractivity contribution in [2.45, 2.75) is 18.3 Å². The molecule has 2 nitrogen and oxygen atoms in total. The highest BCUT2D eigenvalue weighted by Gasteiger charge is 2.46. The number of hydrogen-bond acceptors (Lipinski definition) is 2. The number of hydrogen-bond donors (Lipinski definition) is 1. The Kier molecular flexibility index (Phi) is 4.13. The van der Waals surface area contributed by atoms with E-state index >= 15 is 0 Å². The second-order valence-electron chi connectivity index (χ2n) is 6.18. The fourth-order valence-electron chi connectivity index (χ4n) is 3.32. The Hall–Kier alpha value is -2.83. The van der Waals surface area contributed by atoms with Gasteiger partial charge in [-0.25, -0.2) is 0 Å². The Labute approximate surface area is 151 Å². The zero-order valence-corrected chi connectivity index (χ0v) is 14.5. The summed E-state index contributed by atoms with van der Waals surface area (Å²) in [6.07, 6.45) is 1.18. The van der Waals surface area contributed by atoms with E-state index in [0.29, 0.717) is 12.8 Å². The lowest BCUT2D eigenvalue weighted by atomic mass is 9.75. The molecule has 0 spiro atoms. The number of carbonyl (C=O) groups excluding carboxylic acids is 1. The van der Waals surface area contributed by atoms with Crippen LogP contribution in [0.4, 0.5) is 5.69 Å². The molecule has 1 amide bonds. The lowest BCUT2D eigenvalue weighted by Gasteiger charge is -2.24. The van der Waals surface area contributed by atoms with Crippen LogP contribution in [0.2, 0.25) is 0 Å². The molecule has 1 atom stereocenters. The van der Waals surface area contributed by atoms with E-state index in [2.05, 4.69) is 28.6 Å². The van der Waals surface area contributed by atoms with Gasteiger partial charge in [0.05, 0.1) is 5.41 Å².